The Labute approximate surface area is 119 Å². The van der Waals surface area contributed by atoms with Gasteiger partial charge in [-0.3, -0.25) is 14.3 Å². The van der Waals surface area contributed by atoms with E-state index < -0.39 is 25.6 Å². The number of benzene rings is 1. The highest BCUT2D eigenvalue weighted by molar-refractivity contribution is 7.90. The first-order valence-electron chi connectivity index (χ1n) is 5.74. The number of non-ortho nitro benzene ring substituents is 1. The van der Waals surface area contributed by atoms with Crippen molar-refractivity contribution in [2.24, 2.45) is 0 Å². The second-order valence-electron chi connectivity index (χ2n) is 4.27. The van der Waals surface area contributed by atoms with E-state index in [-0.39, 0.29) is 10.6 Å². The molecule has 1 rings (SSSR count). The van der Waals surface area contributed by atoms with Crippen LogP contribution in [0.5, 0.6) is 0 Å². The van der Waals surface area contributed by atoms with Crippen molar-refractivity contribution in [3.63, 3.8) is 0 Å². The Kier molecular flexibility index (Phi) is 5.63. The van der Waals surface area contributed by atoms with Crippen LogP contribution in [-0.2, 0) is 20.6 Å². The van der Waals surface area contributed by atoms with E-state index in [1.165, 1.54) is 12.1 Å². The summed E-state index contributed by atoms with van der Waals surface area (Å²) in [5.41, 5.74) is 0.0469. The normalized spacial score (nSPS) is 12.9. The fraction of sp³-hybridized carbons (Fsp3) is 0.455. The fourth-order valence-electron chi connectivity index (χ4n) is 1.58. The number of hydrogen-bond acceptors (Lipinski definition) is 6. The van der Waals surface area contributed by atoms with Gasteiger partial charge < -0.3 is 5.32 Å². The number of sulfone groups is 1. The summed E-state index contributed by atoms with van der Waals surface area (Å²) in [6, 6.07) is 3.65. The van der Waals surface area contributed by atoms with Gasteiger partial charge in [-0.2, -0.15) is 0 Å². The summed E-state index contributed by atoms with van der Waals surface area (Å²) in [6.07, 6.45) is 3.20. The van der Waals surface area contributed by atoms with Crippen LogP contribution >= 0.6 is 0 Å². The minimum atomic E-state index is -3.57. The van der Waals surface area contributed by atoms with E-state index >= 15 is 0 Å². The van der Waals surface area contributed by atoms with Crippen LogP contribution in [0.4, 0.5) is 11.4 Å². The maximum absolute atomic E-state index is 11.7. The molecule has 0 amide bonds. The van der Waals surface area contributed by atoms with Crippen LogP contribution in [0, 0.1) is 10.1 Å². The molecule has 0 fully saturated rings. The summed E-state index contributed by atoms with van der Waals surface area (Å²) in [4.78, 5) is 9.94. The van der Waals surface area contributed by atoms with Gasteiger partial charge in [0.05, 0.1) is 15.5 Å². The Morgan fingerprint density at radius 1 is 1.40 bits per heavy atom. The summed E-state index contributed by atoms with van der Waals surface area (Å²) >= 11 is 0. The molecule has 0 heterocycles. The van der Waals surface area contributed by atoms with Crippen LogP contribution in [-0.4, -0.2) is 42.4 Å². The van der Waals surface area contributed by atoms with Gasteiger partial charge in [-0.1, -0.05) is 0 Å². The lowest BCUT2D eigenvalue weighted by Crippen LogP contribution is -2.10. The van der Waals surface area contributed by atoms with Crippen LogP contribution in [0.15, 0.2) is 23.1 Å². The van der Waals surface area contributed by atoms with Crippen LogP contribution < -0.4 is 5.32 Å². The maximum Gasteiger partial charge on any atom is 0.270 e. The van der Waals surface area contributed by atoms with E-state index in [1.807, 2.05) is 0 Å². The molecule has 1 atom stereocenters. The predicted octanol–water partition coefficient (Wildman–Crippen LogP) is 1.18. The van der Waals surface area contributed by atoms with Crippen molar-refractivity contribution in [2.75, 3.05) is 30.1 Å². The van der Waals surface area contributed by atoms with Gasteiger partial charge in [0, 0.05) is 47.7 Å². The molecule has 9 heteroatoms. The number of nitro groups is 1. The summed E-state index contributed by atoms with van der Waals surface area (Å²) in [7, 11) is -4.47. The van der Waals surface area contributed by atoms with Gasteiger partial charge >= 0.3 is 0 Å². The average molecular weight is 320 g/mol. The zero-order chi connectivity index (χ0) is 15.3. The third kappa shape index (κ3) is 4.89. The van der Waals surface area contributed by atoms with E-state index in [9.17, 15) is 22.7 Å². The molecule has 0 aliphatic heterocycles. The van der Waals surface area contributed by atoms with E-state index in [4.69, 9.17) is 0 Å². The molecule has 20 heavy (non-hydrogen) atoms. The van der Waals surface area contributed by atoms with Gasteiger partial charge in [-0.15, -0.1) is 0 Å². The van der Waals surface area contributed by atoms with Gasteiger partial charge in [0.25, 0.3) is 5.69 Å². The topological polar surface area (TPSA) is 106 Å². The molecule has 7 nitrogen and oxygen atoms in total. The number of hydrogen-bond donors (Lipinski definition) is 1. The summed E-state index contributed by atoms with van der Waals surface area (Å²) in [5, 5.41) is 13.6. The molecule has 0 spiro atoms. The Morgan fingerprint density at radius 2 is 2.05 bits per heavy atom. The van der Waals surface area contributed by atoms with E-state index in [0.29, 0.717) is 24.4 Å². The molecule has 1 aromatic carbocycles. The van der Waals surface area contributed by atoms with Gasteiger partial charge in [-0.05, 0) is 12.5 Å². The Bertz CT molecular complexity index is 628. The Balaban J connectivity index is 2.95. The first-order valence-corrected chi connectivity index (χ1v) is 9.36. The largest absolute Gasteiger partial charge is 0.384 e. The average Bonchev–Trinajstić information content (AvgIpc) is 2.33. The second-order valence-corrected chi connectivity index (χ2v) is 7.81. The van der Waals surface area contributed by atoms with Crippen LogP contribution in [0.2, 0.25) is 0 Å². The number of nitro benzene ring substituents is 1. The predicted molar refractivity (Wildman–Crippen MR) is 78.2 cm³/mol. The first kappa shape index (κ1) is 16.6. The van der Waals surface area contributed by atoms with E-state index in [1.54, 1.807) is 6.26 Å². The van der Waals surface area contributed by atoms with Crippen molar-refractivity contribution < 1.29 is 17.6 Å². The fourth-order valence-corrected chi connectivity index (χ4v) is 3.00. The van der Waals surface area contributed by atoms with Crippen molar-refractivity contribution in [1.82, 2.24) is 0 Å². The van der Waals surface area contributed by atoms with Crippen molar-refractivity contribution in [3.8, 4) is 0 Å². The molecule has 0 aromatic heterocycles. The SMILES string of the molecule is CS(=O)CCCNc1ccc([N+](=O)[O-])cc1S(C)(=O)=O. The van der Waals surface area contributed by atoms with Gasteiger partial charge in [0.2, 0.25) is 0 Å². The van der Waals surface area contributed by atoms with Crippen LogP contribution in [0.25, 0.3) is 0 Å². The summed E-state index contributed by atoms with van der Waals surface area (Å²) < 4.78 is 34.2. The standard InChI is InChI=1S/C11H16N2O5S2/c1-19(16)7-3-6-12-10-5-4-9(13(14)15)8-11(10)20(2,17)18/h4-5,8,12H,3,6-7H2,1-2H3. The lowest BCUT2D eigenvalue weighted by Gasteiger charge is -2.10. The van der Waals surface area contributed by atoms with Crippen molar-refractivity contribution >= 4 is 32.0 Å². The Hall–Kier alpha value is -1.48. The number of nitrogens with one attached hydrogen (secondary N) is 1. The summed E-state index contributed by atoms with van der Waals surface area (Å²) in [6.45, 7) is 0.444. The zero-order valence-electron chi connectivity index (χ0n) is 11.2. The Morgan fingerprint density at radius 3 is 2.55 bits per heavy atom. The maximum atomic E-state index is 11.7. The van der Waals surface area contributed by atoms with Crippen LogP contribution in [0.1, 0.15) is 6.42 Å². The summed E-state index contributed by atoms with van der Waals surface area (Å²) in [5.74, 6) is 0.508. The van der Waals surface area contributed by atoms with Gasteiger partial charge in [0.15, 0.2) is 9.84 Å². The van der Waals surface area contributed by atoms with Crippen molar-refractivity contribution in [2.45, 2.75) is 11.3 Å². The van der Waals surface area contributed by atoms with E-state index in [0.717, 1.165) is 12.3 Å². The molecule has 0 bridgehead atoms. The van der Waals surface area contributed by atoms with Crippen molar-refractivity contribution in [1.29, 1.82) is 0 Å². The molecular weight excluding hydrogens is 304 g/mol. The minimum absolute atomic E-state index is 0.107. The van der Waals surface area contributed by atoms with E-state index in [2.05, 4.69) is 5.32 Å². The molecule has 1 aromatic rings. The minimum Gasteiger partial charge on any atom is -0.384 e. The van der Waals surface area contributed by atoms with Gasteiger partial charge in [-0.25, -0.2) is 8.42 Å². The number of anilines is 1. The quantitative estimate of drug-likeness (QED) is 0.459. The smallest absolute Gasteiger partial charge is 0.270 e. The van der Waals surface area contributed by atoms with Crippen molar-refractivity contribution in [3.05, 3.63) is 28.3 Å². The number of nitrogens with zero attached hydrogens (tertiary/aromatic N) is 1. The van der Waals surface area contributed by atoms with Crippen LogP contribution in [0.3, 0.4) is 0 Å². The molecular formula is C11H16N2O5S2. The monoisotopic (exact) mass is 320 g/mol. The first-order chi connectivity index (χ1) is 9.21. The molecule has 0 aliphatic carbocycles. The highest BCUT2D eigenvalue weighted by atomic mass is 32.2. The van der Waals surface area contributed by atoms with Gasteiger partial charge in [0.1, 0.15) is 0 Å². The molecule has 0 radical (unpaired) electrons. The second kappa shape index (κ2) is 6.80. The molecule has 0 saturated carbocycles. The lowest BCUT2D eigenvalue weighted by atomic mass is 10.3. The lowest BCUT2D eigenvalue weighted by molar-refractivity contribution is -0.385. The highest BCUT2D eigenvalue weighted by Crippen LogP contribution is 2.26. The third-order valence-electron chi connectivity index (χ3n) is 2.50. The molecule has 0 saturated heterocycles. The molecule has 1 N–H and O–H groups in total. The third-order valence-corrected chi connectivity index (χ3v) is 4.50. The number of rotatable bonds is 7. The molecule has 1 unspecified atom stereocenters. The highest BCUT2D eigenvalue weighted by Gasteiger charge is 2.18. The zero-order valence-corrected chi connectivity index (χ0v) is 12.8. The molecule has 112 valence electrons. The molecule has 0 aliphatic rings.